The molecule has 0 spiro atoms. The summed E-state index contributed by atoms with van der Waals surface area (Å²) in [6.45, 7) is 5.73. The summed E-state index contributed by atoms with van der Waals surface area (Å²) >= 11 is 0.00985. The number of unbranched alkanes of at least 4 members (excludes halogenated alkanes) is 30. The van der Waals surface area contributed by atoms with Crippen LogP contribution in [0.4, 0.5) is 0 Å². The number of ether oxygens (including phenoxy) is 1. The van der Waals surface area contributed by atoms with Crippen LogP contribution >= 0.6 is 0 Å². The fourth-order valence-electron chi connectivity index (χ4n) is 6.22. The standard InChI is InChI=1S/2C18H37.C6H10O5.Sn/c2*1-3-5-7-9-11-13-15-17-18-16-14-12-10-8-6-4-2;1-6(11-2,5(9)10)3-4(7)8;/h2*1,3-18H2,2H3;3H2,1-2H3,(H,7,8)(H,9,10);/q;;;+2/p-2. The third-order valence-corrected chi connectivity index (χ3v) is 13.8. The SMILES string of the molecule is CCCCCCCCCCCCCCCCC[CH2][Sn+2][CH2]CCCCCCCCCCCCCCCCC.COC(C)(CC(=O)[O-])C(=O)[O-]. The molecule has 0 amide bonds. The van der Waals surface area contributed by atoms with Crippen molar-refractivity contribution in [1.29, 1.82) is 0 Å². The average Bonchev–Trinajstić information content (AvgIpc) is 3.06. The topological polar surface area (TPSA) is 89.5 Å². The molecule has 0 saturated carbocycles. The van der Waals surface area contributed by atoms with Crippen LogP contribution in [0.15, 0.2) is 0 Å². The van der Waals surface area contributed by atoms with Gasteiger partial charge in [0.05, 0.1) is 5.97 Å². The summed E-state index contributed by atoms with van der Waals surface area (Å²) in [7, 11) is 1.10. The number of carboxylic acids is 2. The fraction of sp³-hybridized carbons (Fsp3) is 0.952. The van der Waals surface area contributed by atoms with Gasteiger partial charge in [-0.1, -0.05) is 78.1 Å². The maximum absolute atomic E-state index is 10.3. The average molecular weight is 786 g/mol. The Balaban J connectivity index is 0. The predicted molar refractivity (Wildman–Crippen MR) is 205 cm³/mol. The Morgan fingerprint density at radius 3 is 0.854 bits per heavy atom. The van der Waals surface area contributed by atoms with Gasteiger partial charge < -0.3 is 24.5 Å². The van der Waals surface area contributed by atoms with Crippen molar-refractivity contribution >= 4 is 33.1 Å². The quantitative estimate of drug-likeness (QED) is 0.0459. The van der Waals surface area contributed by atoms with Crippen molar-refractivity contribution in [3.63, 3.8) is 0 Å². The van der Waals surface area contributed by atoms with Gasteiger partial charge in [0, 0.05) is 19.5 Å². The van der Waals surface area contributed by atoms with Gasteiger partial charge in [-0.25, -0.2) is 0 Å². The van der Waals surface area contributed by atoms with Crippen LogP contribution in [0.3, 0.4) is 0 Å². The molecule has 0 aromatic rings. The first-order chi connectivity index (χ1) is 23.3. The van der Waals surface area contributed by atoms with Gasteiger partial charge in [0.15, 0.2) is 0 Å². The molecule has 0 radical (unpaired) electrons. The monoisotopic (exact) mass is 787 g/mol. The summed E-state index contributed by atoms with van der Waals surface area (Å²) in [4.78, 5) is 20.3. The minimum atomic E-state index is -1.79. The summed E-state index contributed by atoms with van der Waals surface area (Å²) in [5.41, 5.74) is -1.79. The third kappa shape index (κ3) is 40.1. The molecule has 1 atom stereocenters. The Morgan fingerprint density at radius 2 is 0.688 bits per heavy atom. The first-order valence-corrected chi connectivity index (χ1v) is 25.0. The Morgan fingerprint density at radius 1 is 0.458 bits per heavy atom. The smallest absolute Gasteiger partial charge is 0.550 e. The van der Waals surface area contributed by atoms with E-state index in [1.807, 2.05) is 0 Å². The Bertz CT molecular complexity index is 624. The molecule has 6 heteroatoms. The molecule has 5 nitrogen and oxygen atoms in total. The van der Waals surface area contributed by atoms with E-state index in [-0.39, 0.29) is 21.1 Å². The predicted octanol–water partition coefficient (Wildman–Crippen LogP) is 11.3. The molecule has 0 saturated heterocycles. The van der Waals surface area contributed by atoms with Crippen LogP contribution in [0.5, 0.6) is 0 Å². The van der Waals surface area contributed by atoms with Crippen molar-refractivity contribution in [3.8, 4) is 0 Å². The molecule has 284 valence electrons. The van der Waals surface area contributed by atoms with Gasteiger partial charge in [0.2, 0.25) is 0 Å². The maximum atomic E-state index is 10.3. The Kier molecular flexibility index (Phi) is 42.7. The summed E-state index contributed by atoms with van der Waals surface area (Å²) in [5, 5.41) is 20.3. The van der Waals surface area contributed by atoms with Gasteiger partial charge in [0.25, 0.3) is 0 Å². The summed E-state index contributed by atoms with van der Waals surface area (Å²) in [6, 6.07) is 0. The zero-order valence-corrected chi connectivity index (χ0v) is 35.6. The van der Waals surface area contributed by atoms with Crippen LogP contribution in [0.25, 0.3) is 0 Å². The molecule has 0 aliphatic rings. The molecule has 0 aliphatic carbocycles. The molecular formula is C42H82O5Sn. The van der Waals surface area contributed by atoms with E-state index >= 15 is 0 Å². The molecule has 0 bridgehead atoms. The summed E-state index contributed by atoms with van der Waals surface area (Å²) in [5.74, 6) is -3.05. The van der Waals surface area contributed by atoms with Crippen LogP contribution in [0.2, 0.25) is 8.87 Å². The molecule has 0 N–H and O–H groups in total. The van der Waals surface area contributed by atoms with Gasteiger partial charge in [-0.2, -0.15) is 0 Å². The van der Waals surface area contributed by atoms with Crippen molar-refractivity contribution in [2.24, 2.45) is 0 Å². The number of aliphatic carboxylic acids is 2. The van der Waals surface area contributed by atoms with E-state index in [1.165, 1.54) is 193 Å². The van der Waals surface area contributed by atoms with Crippen molar-refractivity contribution in [2.75, 3.05) is 7.11 Å². The number of hydrogen-bond donors (Lipinski definition) is 0. The van der Waals surface area contributed by atoms with Crippen LogP contribution in [-0.2, 0) is 14.3 Å². The van der Waals surface area contributed by atoms with Gasteiger partial charge in [-0.3, -0.25) is 0 Å². The van der Waals surface area contributed by atoms with Crippen molar-refractivity contribution < 1.29 is 24.5 Å². The molecular weight excluding hydrogens is 703 g/mol. The van der Waals surface area contributed by atoms with Crippen LogP contribution < -0.4 is 10.2 Å². The minimum absolute atomic E-state index is 0.00985. The van der Waals surface area contributed by atoms with Gasteiger partial charge in [-0.05, 0) is 6.92 Å². The van der Waals surface area contributed by atoms with Crippen LogP contribution in [-0.4, -0.2) is 45.8 Å². The van der Waals surface area contributed by atoms with Gasteiger partial charge >= 0.3 is 171 Å². The number of methoxy groups -OCH3 is 1. The molecule has 1 unspecified atom stereocenters. The second-order valence-corrected chi connectivity index (χ2v) is 18.9. The molecule has 0 aliphatic heterocycles. The Hall–Kier alpha value is -0.301. The number of carboxylic acid groups (broad SMARTS) is 2. The molecule has 48 heavy (non-hydrogen) atoms. The molecule has 0 heterocycles. The van der Waals surface area contributed by atoms with Crippen molar-refractivity contribution in [3.05, 3.63) is 0 Å². The number of rotatable bonds is 38. The molecule has 0 fully saturated rings. The van der Waals surface area contributed by atoms with Crippen molar-refractivity contribution in [1.82, 2.24) is 0 Å². The molecule has 0 aromatic heterocycles. The minimum Gasteiger partial charge on any atom is -0.550 e. The van der Waals surface area contributed by atoms with Gasteiger partial charge in [0.1, 0.15) is 5.60 Å². The van der Waals surface area contributed by atoms with Crippen LogP contribution in [0.1, 0.15) is 233 Å². The number of carbonyl (C=O) groups is 2. The van der Waals surface area contributed by atoms with Gasteiger partial charge in [-0.15, -0.1) is 0 Å². The normalized spacial score (nSPS) is 12.2. The van der Waals surface area contributed by atoms with E-state index in [1.54, 1.807) is 21.7 Å². The molecule has 0 aromatic carbocycles. The zero-order valence-electron chi connectivity index (χ0n) is 32.8. The van der Waals surface area contributed by atoms with E-state index in [4.69, 9.17) is 0 Å². The van der Waals surface area contributed by atoms with E-state index in [2.05, 4.69) is 18.6 Å². The number of carbonyl (C=O) groups excluding carboxylic acids is 2. The van der Waals surface area contributed by atoms with E-state index in [0.717, 1.165) is 14.0 Å². The number of hydrogen-bond acceptors (Lipinski definition) is 5. The summed E-state index contributed by atoms with van der Waals surface area (Å²) in [6.07, 6.45) is 47.1. The van der Waals surface area contributed by atoms with E-state index in [9.17, 15) is 19.8 Å². The zero-order chi connectivity index (χ0) is 35.8. The second kappa shape index (κ2) is 41.1. The van der Waals surface area contributed by atoms with Crippen molar-refractivity contribution in [2.45, 2.75) is 247 Å². The first kappa shape index (κ1) is 49.8. The summed E-state index contributed by atoms with van der Waals surface area (Å²) < 4.78 is 7.76. The van der Waals surface area contributed by atoms with E-state index in [0.29, 0.717) is 0 Å². The third-order valence-electron chi connectivity index (χ3n) is 9.78. The second-order valence-electron chi connectivity index (χ2n) is 14.6. The van der Waals surface area contributed by atoms with E-state index < -0.39 is 24.0 Å². The Labute approximate surface area is 310 Å². The first-order valence-electron chi connectivity index (χ1n) is 21.0. The molecule has 0 rings (SSSR count). The fourth-order valence-corrected chi connectivity index (χ4v) is 9.79. The van der Waals surface area contributed by atoms with Crippen LogP contribution in [0, 0.1) is 0 Å².